The van der Waals surface area contributed by atoms with Crippen LogP contribution >= 0.6 is 27.3 Å². The van der Waals surface area contributed by atoms with E-state index in [1.54, 1.807) is 23.5 Å². The van der Waals surface area contributed by atoms with Crippen molar-refractivity contribution in [3.05, 3.63) is 49.6 Å². The fourth-order valence-corrected chi connectivity index (χ4v) is 2.85. The molecule has 0 amide bonds. The zero-order valence-electron chi connectivity index (χ0n) is 10.1. The third-order valence-electron chi connectivity index (χ3n) is 2.77. The highest BCUT2D eigenvalue weighted by molar-refractivity contribution is 9.10. The number of aryl methyl sites for hydroxylation is 2. The number of hydrogen-bond donors (Lipinski definition) is 1. The second-order valence-corrected chi connectivity index (χ2v) is 6.28. The van der Waals surface area contributed by atoms with Crippen molar-refractivity contribution in [3.8, 4) is 0 Å². The van der Waals surface area contributed by atoms with E-state index in [-0.39, 0.29) is 5.82 Å². The van der Waals surface area contributed by atoms with Gasteiger partial charge in [-0.05, 0) is 47.5 Å². The maximum absolute atomic E-state index is 13.4. The summed E-state index contributed by atoms with van der Waals surface area (Å²) in [7, 11) is 0. The van der Waals surface area contributed by atoms with Crippen LogP contribution in [0.15, 0.2) is 22.7 Å². The van der Waals surface area contributed by atoms with E-state index in [4.69, 9.17) is 0 Å². The van der Waals surface area contributed by atoms with E-state index in [1.807, 2.05) is 13.8 Å². The number of aliphatic hydroxyl groups excluding tert-OH is 1. The number of benzene rings is 1. The van der Waals surface area contributed by atoms with Crippen LogP contribution in [-0.2, 0) is 6.42 Å². The molecule has 1 atom stereocenters. The number of rotatable bonds is 3. The lowest BCUT2D eigenvalue weighted by Crippen LogP contribution is -2.02. The van der Waals surface area contributed by atoms with Gasteiger partial charge in [0.2, 0.25) is 0 Å². The molecule has 0 bridgehead atoms. The van der Waals surface area contributed by atoms with Crippen LogP contribution in [0.3, 0.4) is 0 Å². The van der Waals surface area contributed by atoms with E-state index in [1.165, 1.54) is 6.07 Å². The summed E-state index contributed by atoms with van der Waals surface area (Å²) in [4.78, 5) is 5.52. The van der Waals surface area contributed by atoms with Gasteiger partial charge in [-0.15, -0.1) is 11.3 Å². The van der Waals surface area contributed by atoms with Crippen LogP contribution in [0.25, 0.3) is 0 Å². The first-order valence-electron chi connectivity index (χ1n) is 5.53. The van der Waals surface area contributed by atoms with E-state index in [0.29, 0.717) is 16.5 Å². The lowest BCUT2D eigenvalue weighted by atomic mass is 10.1. The fraction of sp³-hybridized carbons (Fsp3) is 0.308. The molecule has 0 radical (unpaired) electrons. The summed E-state index contributed by atoms with van der Waals surface area (Å²) in [6.45, 7) is 3.95. The molecule has 18 heavy (non-hydrogen) atoms. The third kappa shape index (κ3) is 2.96. The van der Waals surface area contributed by atoms with Crippen molar-refractivity contribution < 1.29 is 9.50 Å². The van der Waals surface area contributed by atoms with Gasteiger partial charge in [0.25, 0.3) is 0 Å². The molecule has 1 N–H and O–H groups in total. The summed E-state index contributed by atoms with van der Waals surface area (Å²) >= 11 is 4.66. The second kappa shape index (κ2) is 5.47. The molecule has 0 aliphatic carbocycles. The molecule has 0 aliphatic heterocycles. The Morgan fingerprint density at radius 1 is 1.44 bits per heavy atom. The topological polar surface area (TPSA) is 33.1 Å². The smallest absolute Gasteiger partial charge is 0.137 e. The Balaban J connectivity index is 2.16. The van der Waals surface area contributed by atoms with Gasteiger partial charge in [0.15, 0.2) is 0 Å². The minimum Gasteiger partial charge on any atom is -0.388 e. The van der Waals surface area contributed by atoms with E-state index in [0.717, 1.165) is 15.6 Å². The summed E-state index contributed by atoms with van der Waals surface area (Å²) < 4.78 is 13.8. The van der Waals surface area contributed by atoms with Crippen molar-refractivity contribution in [2.24, 2.45) is 0 Å². The molecule has 1 aromatic heterocycles. The maximum atomic E-state index is 13.4. The number of halogens is 2. The van der Waals surface area contributed by atoms with Crippen molar-refractivity contribution in [2.45, 2.75) is 26.4 Å². The molecule has 0 aliphatic rings. The minimum absolute atomic E-state index is 0.363. The van der Waals surface area contributed by atoms with Crippen LogP contribution in [0.4, 0.5) is 4.39 Å². The van der Waals surface area contributed by atoms with Gasteiger partial charge in [0.05, 0.1) is 21.3 Å². The van der Waals surface area contributed by atoms with Gasteiger partial charge in [-0.2, -0.15) is 0 Å². The summed E-state index contributed by atoms with van der Waals surface area (Å²) in [5, 5.41) is 10.9. The Bertz CT molecular complexity index is 551. The standard InChI is InChI=1S/C13H13BrFNOS/c1-7-8(2)18-13(16-7)6-12(17)9-3-4-10(14)11(15)5-9/h3-5,12,17H,6H2,1-2H3. The highest BCUT2D eigenvalue weighted by atomic mass is 79.9. The van der Waals surface area contributed by atoms with Crippen LogP contribution in [-0.4, -0.2) is 10.1 Å². The Labute approximate surface area is 118 Å². The van der Waals surface area contributed by atoms with Crippen LogP contribution in [0.5, 0.6) is 0 Å². The minimum atomic E-state index is -0.724. The lowest BCUT2D eigenvalue weighted by Gasteiger charge is -2.09. The molecule has 5 heteroatoms. The Morgan fingerprint density at radius 2 is 2.17 bits per heavy atom. The molecule has 2 nitrogen and oxygen atoms in total. The highest BCUT2D eigenvalue weighted by Gasteiger charge is 2.13. The predicted octanol–water partition coefficient (Wildman–Crippen LogP) is 3.94. The zero-order valence-corrected chi connectivity index (χ0v) is 12.5. The van der Waals surface area contributed by atoms with Crippen molar-refractivity contribution in [1.29, 1.82) is 0 Å². The lowest BCUT2D eigenvalue weighted by molar-refractivity contribution is 0.178. The maximum Gasteiger partial charge on any atom is 0.137 e. The average molecular weight is 330 g/mol. The van der Waals surface area contributed by atoms with Crippen LogP contribution < -0.4 is 0 Å². The van der Waals surface area contributed by atoms with E-state index < -0.39 is 6.10 Å². The van der Waals surface area contributed by atoms with Gasteiger partial charge >= 0.3 is 0 Å². The summed E-state index contributed by atoms with van der Waals surface area (Å²) in [5.74, 6) is -0.363. The molecule has 1 heterocycles. The summed E-state index contributed by atoms with van der Waals surface area (Å²) in [6.07, 6.45) is -0.307. The average Bonchev–Trinajstić information content (AvgIpc) is 2.61. The predicted molar refractivity (Wildman–Crippen MR) is 74.4 cm³/mol. The summed E-state index contributed by atoms with van der Waals surface area (Å²) in [6, 6.07) is 4.67. The van der Waals surface area contributed by atoms with Gasteiger partial charge in [-0.3, -0.25) is 0 Å². The Hall–Kier alpha value is -0.780. The molecular formula is C13H13BrFNOS. The van der Waals surface area contributed by atoms with E-state index >= 15 is 0 Å². The molecule has 0 spiro atoms. The summed E-state index contributed by atoms with van der Waals surface area (Å²) in [5.41, 5.74) is 1.56. The van der Waals surface area contributed by atoms with Gasteiger partial charge in [0.1, 0.15) is 5.82 Å². The molecule has 1 unspecified atom stereocenters. The second-order valence-electron chi connectivity index (χ2n) is 4.14. The van der Waals surface area contributed by atoms with Gasteiger partial charge in [-0.25, -0.2) is 9.37 Å². The third-order valence-corrected chi connectivity index (χ3v) is 4.51. The molecule has 0 saturated carbocycles. The molecule has 1 aromatic carbocycles. The monoisotopic (exact) mass is 329 g/mol. The molecule has 2 rings (SSSR count). The number of hydrogen-bond acceptors (Lipinski definition) is 3. The number of thiazole rings is 1. The molecule has 0 fully saturated rings. The quantitative estimate of drug-likeness (QED) is 0.925. The van der Waals surface area contributed by atoms with Crippen LogP contribution in [0, 0.1) is 19.7 Å². The molecular weight excluding hydrogens is 317 g/mol. The van der Waals surface area contributed by atoms with Crippen molar-refractivity contribution in [2.75, 3.05) is 0 Å². The number of aliphatic hydroxyl groups is 1. The largest absolute Gasteiger partial charge is 0.388 e. The van der Waals surface area contributed by atoms with Gasteiger partial charge in [0, 0.05) is 11.3 Å². The van der Waals surface area contributed by atoms with Gasteiger partial charge in [-0.1, -0.05) is 6.07 Å². The first-order chi connectivity index (χ1) is 8.47. The van der Waals surface area contributed by atoms with E-state index in [9.17, 15) is 9.50 Å². The normalized spacial score (nSPS) is 12.7. The first kappa shape index (κ1) is 13.6. The van der Waals surface area contributed by atoms with Crippen molar-refractivity contribution in [1.82, 2.24) is 4.98 Å². The van der Waals surface area contributed by atoms with Crippen molar-refractivity contribution >= 4 is 27.3 Å². The van der Waals surface area contributed by atoms with Gasteiger partial charge < -0.3 is 5.11 Å². The molecule has 2 aromatic rings. The van der Waals surface area contributed by atoms with Crippen LogP contribution in [0.1, 0.15) is 27.2 Å². The molecule has 96 valence electrons. The first-order valence-corrected chi connectivity index (χ1v) is 7.14. The Morgan fingerprint density at radius 3 is 2.72 bits per heavy atom. The SMILES string of the molecule is Cc1nc(CC(O)c2ccc(Br)c(F)c2)sc1C. The number of nitrogens with zero attached hydrogens (tertiary/aromatic N) is 1. The zero-order chi connectivity index (χ0) is 13.3. The fourth-order valence-electron chi connectivity index (χ4n) is 1.63. The van der Waals surface area contributed by atoms with E-state index in [2.05, 4.69) is 20.9 Å². The highest BCUT2D eigenvalue weighted by Crippen LogP contribution is 2.25. The van der Waals surface area contributed by atoms with Crippen molar-refractivity contribution in [3.63, 3.8) is 0 Å². The Kier molecular flexibility index (Phi) is 4.14. The number of aromatic nitrogens is 1. The molecule has 0 saturated heterocycles. The van der Waals surface area contributed by atoms with Crippen LogP contribution in [0.2, 0.25) is 0 Å².